The third-order valence-electron chi connectivity index (χ3n) is 11.6. The molecule has 1 saturated heterocycles. The second kappa shape index (κ2) is 25.8. The molecule has 5 rings (SSSR count). The number of nitrogens with one attached hydrogen (secondary N) is 1. The maximum atomic E-state index is 13.9. The van der Waals surface area contributed by atoms with Crippen LogP contribution < -0.4 is 20.5 Å². The van der Waals surface area contributed by atoms with Gasteiger partial charge in [0.05, 0.1) is 46.0 Å². The number of carbonyl (C=O) groups is 2. The molecule has 1 aliphatic heterocycles. The van der Waals surface area contributed by atoms with Gasteiger partial charge in [0, 0.05) is 56.1 Å². The number of nitriles is 1. The highest BCUT2D eigenvalue weighted by Crippen LogP contribution is 2.51. The first-order valence-electron chi connectivity index (χ1n) is 23.0. The molecule has 0 radical (unpaired) electrons. The Balaban J connectivity index is 1.44. The van der Waals surface area contributed by atoms with Gasteiger partial charge < -0.3 is 38.1 Å². The van der Waals surface area contributed by atoms with E-state index in [2.05, 4.69) is 48.7 Å². The second-order valence-electron chi connectivity index (χ2n) is 17.2. The van der Waals surface area contributed by atoms with Gasteiger partial charge in [-0.15, -0.1) is 0 Å². The maximum Gasteiger partial charge on any atom is 0.351 e. The number of rotatable bonds is 28. The Bertz CT molecular complexity index is 2180. The van der Waals surface area contributed by atoms with Crippen LogP contribution in [-0.4, -0.2) is 84.1 Å². The molecule has 4 atom stereocenters. The minimum absolute atomic E-state index is 0.0374. The molecule has 4 aromatic rings. The molecule has 66 heavy (non-hydrogen) atoms. The molecule has 1 fully saturated rings. The van der Waals surface area contributed by atoms with Crippen molar-refractivity contribution in [1.82, 2.24) is 14.2 Å². The van der Waals surface area contributed by atoms with E-state index in [1.165, 1.54) is 11.5 Å². The van der Waals surface area contributed by atoms with E-state index >= 15 is 0 Å². The lowest BCUT2D eigenvalue weighted by Crippen LogP contribution is -2.39. The number of aromatic nitrogens is 2. The number of aryl methyl sites for hydroxylation is 1. The van der Waals surface area contributed by atoms with E-state index in [1.807, 2.05) is 85.8 Å². The number of ether oxygens (including phenoxy) is 4. The highest BCUT2D eigenvalue weighted by Gasteiger charge is 2.45. The van der Waals surface area contributed by atoms with Gasteiger partial charge in [-0.25, -0.2) is 9.46 Å². The number of nitrogens with zero attached hydrogens (tertiary/aromatic N) is 4. The molecule has 0 spiro atoms. The highest BCUT2D eigenvalue weighted by atomic mass is 31.2. The Morgan fingerprint density at radius 2 is 1.50 bits per heavy atom. The summed E-state index contributed by atoms with van der Waals surface area (Å²) in [5, 5.41) is 12.8. The molecule has 0 saturated carbocycles. The van der Waals surface area contributed by atoms with Crippen molar-refractivity contribution in [1.29, 1.82) is 5.26 Å². The number of unbranched alkanes of at least 4 members (excludes halogenated alkanes) is 3. The van der Waals surface area contributed by atoms with Crippen LogP contribution in [0.1, 0.15) is 121 Å². The van der Waals surface area contributed by atoms with Crippen LogP contribution in [-0.2, 0) is 33.7 Å². The third kappa shape index (κ3) is 14.0. The fourth-order valence-electron chi connectivity index (χ4n) is 8.22. The normalized spacial score (nSPS) is 16.7. The van der Waals surface area contributed by atoms with Crippen LogP contribution in [0.2, 0.25) is 0 Å². The van der Waals surface area contributed by atoms with Crippen molar-refractivity contribution < 1.29 is 37.6 Å². The summed E-state index contributed by atoms with van der Waals surface area (Å²) in [7, 11) is 1.59. The average molecular weight is 926 g/mol. The molecular weight excluding hydrogens is 858 g/mol. The van der Waals surface area contributed by atoms with E-state index in [4.69, 9.17) is 28.0 Å². The first-order chi connectivity index (χ1) is 31.8. The van der Waals surface area contributed by atoms with Gasteiger partial charge in [0.15, 0.2) is 0 Å². The number of ketones is 2. The number of hydrogen-bond donors (Lipinski definition) is 1. The van der Waals surface area contributed by atoms with Gasteiger partial charge in [-0.2, -0.15) is 10.2 Å². The second-order valence-corrected chi connectivity index (χ2v) is 18.6. The summed E-state index contributed by atoms with van der Waals surface area (Å²) in [6.45, 7) is 12.6. The quantitative estimate of drug-likeness (QED) is 0.0326. The van der Waals surface area contributed by atoms with Crippen molar-refractivity contribution in [3.05, 3.63) is 118 Å². The van der Waals surface area contributed by atoms with E-state index in [1.54, 1.807) is 20.4 Å². The summed E-state index contributed by atoms with van der Waals surface area (Å²) in [6, 6.07) is 28.0. The first kappa shape index (κ1) is 52.0. The van der Waals surface area contributed by atoms with E-state index < -0.39 is 38.3 Å². The molecular formula is C51H68N5O9P. The van der Waals surface area contributed by atoms with Crippen LogP contribution in [0.3, 0.4) is 0 Å². The van der Waals surface area contributed by atoms with E-state index in [9.17, 15) is 19.6 Å². The summed E-state index contributed by atoms with van der Waals surface area (Å²) >= 11 is 0. The van der Waals surface area contributed by atoms with Crippen LogP contribution in [0.4, 0.5) is 5.82 Å². The molecule has 3 aromatic carbocycles. The predicted molar refractivity (Wildman–Crippen MR) is 257 cm³/mol. The summed E-state index contributed by atoms with van der Waals surface area (Å²) in [5.41, 5.74) is 1.77. The summed E-state index contributed by atoms with van der Waals surface area (Å²) in [4.78, 5) is 41.6. The van der Waals surface area contributed by atoms with Gasteiger partial charge in [0.2, 0.25) is 0 Å². The van der Waals surface area contributed by atoms with Crippen LogP contribution in [0.25, 0.3) is 0 Å². The fraction of sp³-hybridized carbons (Fsp3) is 0.510. The predicted octanol–water partition coefficient (Wildman–Crippen LogP) is 9.83. The Morgan fingerprint density at radius 1 is 0.894 bits per heavy atom. The van der Waals surface area contributed by atoms with E-state index in [0.717, 1.165) is 47.9 Å². The van der Waals surface area contributed by atoms with Crippen LogP contribution in [0, 0.1) is 18.3 Å². The summed E-state index contributed by atoms with van der Waals surface area (Å²) in [5.74, 6) is 2.08. The molecule has 0 amide bonds. The van der Waals surface area contributed by atoms with Gasteiger partial charge in [-0.05, 0) is 95.3 Å². The zero-order chi connectivity index (χ0) is 47.6. The van der Waals surface area contributed by atoms with Crippen molar-refractivity contribution in [2.45, 2.75) is 135 Å². The molecule has 14 nitrogen and oxygen atoms in total. The van der Waals surface area contributed by atoms with Crippen LogP contribution >= 0.6 is 8.53 Å². The third-order valence-corrected chi connectivity index (χ3v) is 13.7. The molecule has 2 heterocycles. The number of anilines is 1. The topological polar surface area (TPSA) is 163 Å². The van der Waals surface area contributed by atoms with Gasteiger partial charge in [-0.1, -0.05) is 67.4 Å². The SMILES string of the molecule is COc1ccc(C(OC[C@H]2O[C@@H](n3cc(C)c(NCCCCCCC(=O)CCC(C)=O)nc3=O)C[C@@H]2OP(OCCC#N)N(C(C)C)C(C)C)(c2ccccc2)c2ccc(OC)cc2)cc1. The minimum atomic E-state index is -1.68. The van der Waals surface area contributed by atoms with E-state index in [-0.39, 0.29) is 43.3 Å². The molecule has 15 heteroatoms. The Kier molecular flexibility index (Phi) is 20.3. The maximum absolute atomic E-state index is 13.9. The van der Waals surface area contributed by atoms with Crippen molar-refractivity contribution in [2.24, 2.45) is 0 Å². The zero-order valence-electron chi connectivity index (χ0n) is 39.9. The van der Waals surface area contributed by atoms with Crippen LogP contribution in [0.5, 0.6) is 11.5 Å². The molecule has 1 aliphatic rings. The number of benzene rings is 3. The number of methoxy groups -OCH3 is 2. The number of Topliss-reactive ketones (excluding diaryl/α,β-unsaturated/α-hetero) is 2. The largest absolute Gasteiger partial charge is 0.497 e. The van der Waals surface area contributed by atoms with Crippen LogP contribution in [0.15, 0.2) is 89.9 Å². The monoisotopic (exact) mass is 925 g/mol. The summed E-state index contributed by atoms with van der Waals surface area (Å²) < 4.78 is 42.4. The lowest BCUT2D eigenvalue weighted by molar-refractivity contribution is -0.123. The molecule has 1 unspecified atom stereocenters. The van der Waals surface area contributed by atoms with Gasteiger partial charge in [0.1, 0.15) is 46.8 Å². The van der Waals surface area contributed by atoms with Gasteiger partial charge in [-0.3, -0.25) is 9.36 Å². The van der Waals surface area contributed by atoms with Crippen molar-refractivity contribution in [3.8, 4) is 17.6 Å². The zero-order valence-corrected chi connectivity index (χ0v) is 40.8. The molecule has 0 aliphatic carbocycles. The number of carbonyl (C=O) groups excluding carboxylic acids is 2. The molecule has 1 N–H and O–H groups in total. The first-order valence-corrected chi connectivity index (χ1v) is 24.2. The lowest BCUT2D eigenvalue weighted by atomic mass is 9.80. The van der Waals surface area contributed by atoms with Gasteiger partial charge >= 0.3 is 5.69 Å². The van der Waals surface area contributed by atoms with Crippen molar-refractivity contribution in [2.75, 3.05) is 39.3 Å². The van der Waals surface area contributed by atoms with Crippen molar-refractivity contribution >= 4 is 25.9 Å². The Morgan fingerprint density at radius 3 is 2.08 bits per heavy atom. The summed E-state index contributed by atoms with van der Waals surface area (Å²) in [6.07, 6.45) is 4.83. The molecule has 1 aromatic heterocycles. The van der Waals surface area contributed by atoms with Crippen molar-refractivity contribution in [3.63, 3.8) is 0 Å². The van der Waals surface area contributed by atoms with Gasteiger partial charge in [0.25, 0.3) is 8.53 Å². The average Bonchev–Trinajstić information content (AvgIpc) is 3.71. The Hall–Kier alpha value is -5.00. The minimum Gasteiger partial charge on any atom is -0.497 e. The Labute approximate surface area is 391 Å². The van der Waals surface area contributed by atoms with E-state index in [0.29, 0.717) is 49.5 Å². The highest BCUT2D eigenvalue weighted by molar-refractivity contribution is 7.44. The molecule has 0 bridgehead atoms. The number of hydrogen-bond acceptors (Lipinski definition) is 13. The molecule has 356 valence electrons. The lowest BCUT2D eigenvalue weighted by Gasteiger charge is -2.39. The standard InChI is InChI=1S/C51H68N5O9P/c1-36(2)56(37(3)4)66(63-32-16-30-52)65-46-33-48(55-34-38(5)49(54-50(55)59)53-31-15-10-9-14-19-43(58)25-20-39(6)57)64-47(46)35-62-51(40-17-12-11-13-18-40,41-21-26-44(60-7)27-22-41)42-23-28-45(61-8)29-24-42/h11-13,17-18,21-24,26-29,34,36-37,46-48H,9-10,14-16,19-20,25,31-33,35H2,1-8H3,(H,53,54,59)/t46-,47+,48+,66?/m0/s1. The fourth-order valence-corrected chi connectivity index (χ4v) is 9.98. The smallest absolute Gasteiger partial charge is 0.351 e.